The van der Waals surface area contributed by atoms with E-state index in [0.29, 0.717) is 31.3 Å². The van der Waals surface area contributed by atoms with Crippen LogP contribution < -0.4 is 5.32 Å². The molecule has 3 rings (SSSR count). The molecule has 1 N–H and O–H groups in total. The summed E-state index contributed by atoms with van der Waals surface area (Å²) in [7, 11) is 0. The molecule has 0 aliphatic carbocycles. The van der Waals surface area contributed by atoms with Crippen LogP contribution in [-0.4, -0.2) is 27.3 Å². The van der Waals surface area contributed by atoms with Gasteiger partial charge in [0.25, 0.3) is 5.91 Å². The minimum absolute atomic E-state index is 0.0877. The molecule has 1 heterocycles. The van der Waals surface area contributed by atoms with Crippen molar-refractivity contribution in [3.8, 4) is 0 Å². The van der Waals surface area contributed by atoms with Crippen molar-refractivity contribution in [1.29, 1.82) is 0 Å². The molecule has 0 unspecified atom stereocenters. The molecule has 3 aromatic rings. The molecule has 0 spiro atoms. The predicted molar refractivity (Wildman–Crippen MR) is 112 cm³/mol. The Hall–Kier alpha value is -3.21. The number of carbonyl (C=O) groups is 1. The molecular weight excluding hydrogens is 348 g/mol. The average Bonchev–Trinajstić information content (AvgIpc) is 2.71. The van der Waals surface area contributed by atoms with Gasteiger partial charge in [0.2, 0.25) is 5.95 Å². The van der Waals surface area contributed by atoms with Crippen LogP contribution >= 0.6 is 0 Å². The van der Waals surface area contributed by atoms with E-state index in [1.165, 1.54) is 5.56 Å². The monoisotopic (exact) mass is 374 g/mol. The molecule has 1 amide bonds. The molecule has 28 heavy (non-hydrogen) atoms. The number of rotatable bonds is 7. The van der Waals surface area contributed by atoms with Crippen molar-refractivity contribution in [2.45, 2.75) is 33.9 Å². The highest BCUT2D eigenvalue weighted by molar-refractivity contribution is 5.92. The number of anilines is 1. The highest BCUT2D eigenvalue weighted by atomic mass is 16.2. The van der Waals surface area contributed by atoms with E-state index in [4.69, 9.17) is 0 Å². The number of carbonyl (C=O) groups excluding carboxylic acids is 1. The summed E-state index contributed by atoms with van der Waals surface area (Å²) in [4.78, 5) is 23.7. The van der Waals surface area contributed by atoms with Crippen LogP contribution in [-0.2, 0) is 13.1 Å². The van der Waals surface area contributed by atoms with Gasteiger partial charge in [0.1, 0.15) is 5.69 Å². The minimum atomic E-state index is -0.0877. The Morgan fingerprint density at radius 1 is 0.964 bits per heavy atom. The fraction of sp³-hybridized carbons (Fsp3) is 0.261. The van der Waals surface area contributed by atoms with Gasteiger partial charge < -0.3 is 10.2 Å². The van der Waals surface area contributed by atoms with E-state index in [-0.39, 0.29) is 5.91 Å². The number of benzene rings is 2. The SMILES string of the molecule is CCN(Cc1ccccc1)C(=O)c1cc(C)nc(NCc2ccc(C)cc2)n1. The number of aryl methyl sites for hydroxylation is 2. The van der Waals surface area contributed by atoms with Crippen molar-refractivity contribution >= 4 is 11.9 Å². The van der Waals surface area contributed by atoms with Gasteiger partial charge in [-0.15, -0.1) is 0 Å². The molecule has 5 nitrogen and oxygen atoms in total. The molecule has 0 fully saturated rings. The first kappa shape index (κ1) is 19.5. The third-order valence-corrected chi connectivity index (χ3v) is 4.53. The molecule has 1 aromatic heterocycles. The average molecular weight is 374 g/mol. The van der Waals surface area contributed by atoms with Gasteiger partial charge in [-0.3, -0.25) is 4.79 Å². The molecule has 0 bridgehead atoms. The number of nitrogens with one attached hydrogen (secondary N) is 1. The quantitative estimate of drug-likeness (QED) is 0.667. The molecule has 0 aliphatic heterocycles. The van der Waals surface area contributed by atoms with E-state index >= 15 is 0 Å². The molecule has 0 saturated heterocycles. The van der Waals surface area contributed by atoms with Gasteiger partial charge in [-0.1, -0.05) is 60.2 Å². The first-order chi connectivity index (χ1) is 13.5. The summed E-state index contributed by atoms with van der Waals surface area (Å²) in [5.74, 6) is 0.384. The number of aromatic nitrogens is 2. The lowest BCUT2D eigenvalue weighted by molar-refractivity contribution is 0.0746. The van der Waals surface area contributed by atoms with Crippen LogP contribution in [0.15, 0.2) is 60.7 Å². The molecular formula is C23H26N4O. The van der Waals surface area contributed by atoms with Crippen LogP contribution in [0.1, 0.15) is 39.8 Å². The zero-order chi connectivity index (χ0) is 19.9. The van der Waals surface area contributed by atoms with Crippen molar-refractivity contribution in [2.75, 3.05) is 11.9 Å². The Labute approximate surface area is 166 Å². The van der Waals surface area contributed by atoms with Gasteiger partial charge in [0, 0.05) is 25.3 Å². The van der Waals surface area contributed by atoms with Crippen LogP contribution in [0.25, 0.3) is 0 Å². The summed E-state index contributed by atoms with van der Waals surface area (Å²) >= 11 is 0. The third kappa shape index (κ3) is 5.16. The van der Waals surface area contributed by atoms with E-state index in [1.807, 2.05) is 44.2 Å². The van der Waals surface area contributed by atoms with Gasteiger partial charge >= 0.3 is 0 Å². The summed E-state index contributed by atoms with van der Waals surface area (Å²) in [5.41, 5.74) is 4.64. The molecule has 0 saturated carbocycles. The zero-order valence-electron chi connectivity index (χ0n) is 16.6. The largest absolute Gasteiger partial charge is 0.350 e. The smallest absolute Gasteiger partial charge is 0.272 e. The molecule has 2 aromatic carbocycles. The van der Waals surface area contributed by atoms with E-state index in [2.05, 4.69) is 46.5 Å². The Morgan fingerprint density at radius 2 is 1.68 bits per heavy atom. The Balaban J connectivity index is 1.73. The molecule has 0 aliphatic rings. The van der Waals surface area contributed by atoms with Gasteiger partial charge in [0.15, 0.2) is 0 Å². The molecule has 0 atom stereocenters. The van der Waals surface area contributed by atoms with Crippen LogP contribution in [0.4, 0.5) is 5.95 Å². The topological polar surface area (TPSA) is 58.1 Å². The lowest BCUT2D eigenvalue weighted by Gasteiger charge is -2.21. The third-order valence-electron chi connectivity index (χ3n) is 4.53. The second-order valence-corrected chi connectivity index (χ2v) is 6.86. The fourth-order valence-electron chi connectivity index (χ4n) is 2.94. The Bertz CT molecular complexity index is 923. The minimum Gasteiger partial charge on any atom is -0.350 e. The molecule has 5 heteroatoms. The van der Waals surface area contributed by atoms with Crippen molar-refractivity contribution in [2.24, 2.45) is 0 Å². The van der Waals surface area contributed by atoms with Crippen LogP contribution in [0.3, 0.4) is 0 Å². The van der Waals surface area contributed by atoms with E-state index in [1.54, 1.807) is 11.0 Å². The van der Waals surface area contributed by atoms with Crippen molar-refractivity contribution < 1.29 is 4.79 Å². The lowest BCUT2D eigenvalue weighted by atomic mass is 10.1. The Kier molecular flexibility index (Phi) is 6.37. The van der Waals surface area contributed by atoms with Crippen molar-refractivity contribution in [3.05, 3.63) is 88.7 Å². The van der Waals surface area contributed by atoms with Crippen molar-refractivity contribution in [3.63, 3.8) is 0 Å². The number of hydrogen-bond acceptors (Lipinski definition) is 4. The molecule has 0 radical (unpaired) electrons. The Morgan fingerprint density at radius 3 is 2.36 bits per heavy atom. The summed E-state index contributed by atoms with van der Waals surface area (Å²) < 4.78 is 0. The summed E-state index contributed by atoms with van der Waals surface area (Å²) in [6, 6.07) is 20.0. The number of hydrogen-bond donors (Lipinski definition) is 1. The normalized spacial score (nSPS) is 10.5. The second-order valence-electron chi connectivity index (χ2n) is 6.86. The van der Waals surface area contributed by atoms with E-state index in [9.17, 15) is 4.79 Å². The summed E-state index contributed by atoms with van der Waals surface area (Å²) in [6.07, 6.45) is 0. The fourth-order valence-corrected chi connectivity index (χ4v) is 2.94. The van der Waals surface area contributed by atoms with Gasteiger partial charge in [-0.25, -0.2) is 9.97 Å². The van der Waals surface area contributed by atoms with E-state index < -0.39 is 0 Å². The van der Waals surface area contributed by atoms with Crippen molar-refractivity contribution in [1.82, 2.24) is 14.9 Å². The van der Waals surface area contributed by atoms with Gasteiger partial charge in [0.05, 0.1) is 0 Å². The van der Waals surface area contributed by atoms with E-state index in [0.717, 1.165) is 16.8 Å². The zero-order valence-corrected chi connectivity index (χ0v) is 16.6. The van der Waals surface area contributed by atoms with Crippen LogP contribution in [0.2, 0.25) is 0 Å². The second kappa shape index (κ2) is 9.13. The number of amides is 1. The highest BCUT2D eigenvalue weighted by Gasteiger charge is 2.17. The molecule has 144 valence electrons. The summed E-state index contributed by atoms with van der Waals surface area (Å²) in [5, 5.41) is 3.23. The maximum atomic E-state index is 13.0. The van der Waals surface area contributed by atoms with Gasteiger partial charge in [-0.2, -0.15) is 0 Å². The maximum Gasteiger partial charge on any atom is 0.272 e. The first-order valence-electron chi connectivity index (χ1n) is 9.53. The van der Waals surface area contributed by atoms with Crippen LogP contribution in [0, 0.1) is 13.8 Å². The highest BCUT2D eigenvalue weighted by Crippen LogP contribution is 2.12. The van der Waals surface area contributed by atoms with Crippen LogP contribution in [0.5, 0.6) is 0 Å². The number of nitrogens with zero attached hydrogens (tertiary/aromatic N) is 3. The lowest BCUT2D eigenvalue weighted by Crippen LogP contribution is -2.31. The summed E-state index contributed by atoms with van der Waals surface area (Å²) in [6.45, 7) is 7.70. The first-order valence-corrected chi connectivity index (χ1v) is 9.53. The standard InChI is InChI=1S/C23H26N4O/c1-4-27(16-20-8-6-5-7-9-20)22(28)21-14-18(3)25-23(26-21)24-15-19-12-10-17(2)11-13-19/h5-14H,4,15-16H2,1-3H3,(H,24,25,26). The maximum absolute atomic E-state index is 13.0. The predicted octanol–water partition coefficient (Wildman–Crippen LogP) is 4.37. The van der Waals surface area contributed by atoms with Gasteiger partial charge in [-0.05, 0) is 38.0 Å².